The molecule has 0 spiro atoms. The van der Waals surface area contributed by atoms with Crippen LogP contribution in [0.1, 0.15) is 18.5 Å². The first-order valence-electron chi connectivity index (χ1n) is 4.99. The molecule has 4 heteroatoms. The maximum Gasteiger partial charge on any atom is 0.142 e. The van der Waals surface area contributed by atoms with E-state index in [0.29, 0.717) is 5.69 Å². The molecule has 15 heavy (non-hydrogen) atoms. The standard InChI is InChI=1S/C11H13N3O/c12-6-10-5-9(1-4-13-10)14-7-11(8-15)2-3-11/h1,4-5,15H,2-3,7-8H2,(H,13,14). The molecule has 1 aromatic rings. The minimum atomic E-state index is 0.0794. The first-order valence-corrected chi connectivity index (χ1v) is 4.99. The van der Waals surface area contributed by atoms with Gasteiger partial charge in [0.25, 0.3) is 0 Å². The number of nitriles is 1. The lowest BCUT2D eigenvalue weighted by molar-refractivity contribution is 0.220. The maximum absolute atomic E-state index is 9.13. The van der Waals surface area contributed by atoms with Crippen molar-refractivity contribution in [2.75, 3.05) is 18.5 Å². The second kappa shape index (κ2) is 3.87. The maximum atomic E-state index is 9.13. The first kappa shape index (κ1) is 9.94. The molecule has 1 saturated carbocycles. The van der Waals surface area contributed by atoms with Gasteiger partial charge < -0.3 is 10.4 Å². The van der Waals surface area contributed by atoms with Crippen molar-refractivity contribution in [2.24, 2.45) is 5.41 Å². The second-order valence-electron chi connectivity index (χ2n) is 4.05. The van der Waals surface area contributed by atoms with Gasteiger partial charge >= 0.3 is 0 Å². The molecular weight excluding hydrogens is 190 g/mol. The summed E-state index contributed by atoms with van der Waals surface area (Å²) in [5.74, 6) is 0. The van der Waals surface area contributed by atoms with Crippen molar-refractivity contribution in [2.45, 2.75) is 12.8 Å². The predicted molar refractivity (Wildman–Crippen MR) is 56.2 cm³/mol. The van der Waals surface area contributed by atoms with Crippen LogP contribution in [0.3, 0.4) is 0 Å². The Bertz CT molecular complexity index is 393. The van der Waals surface area contributed by atoms with Crippen LogP contribution in [0.5, 0.6) is 0 Å². The topological polar surface area (TPSA) is 68.9 Å². The highest BCUT2D eigenvalue weighted by molar-refractivity contribution is 5.46. The summed E-state index contributed by atoms with van der Waals surface area (Å²) in [6.45, 7) is 0.995. The van der Waals surface area contributed by atoms with Crippen LogP contribution in [-0.2, 0) is 0 Å². The average molecular weight is 203 g/mol. The fraction of sp³-hybridized carbons (Fsp3) is 0.455. The van der Waals surface area contributed by atoms with Crippen molar-refractivity contribution < 1.29 is 5.11 Å². The van der Waals surface area contributed by atoms with Crippen LogP contribution in [0.25, 0.3) is 0 Å². The number of anilines is 1. The molecule has 0 atom stereocenters. The number of aromatic nitrogens is 1. The minimum absolute atomic E-state index is 0.0794. The Balaban J connectivity index is 1.96. The number of aliphatic hydroxyl groups excluding tert-OH is 1. The molecule has 0 aromatic carbocycles. The van der Waals surface area contributed by atoms with Gasteiger partial charge in [-0.3, -0.25) is 0 Å². The molecule has 2 rings (SSSR count). The molecule has 1 aliphatic rings. The normalized spacial score (nSPS) is 16.8. The summed E-state index contributed by atoms with van der Waals surface area (Å²) < 4.78 is 0. The number of hydrogen-bond donors (Lipinski definition) is 2. The Labute approximate surface area is 88.6 Å². The summed E-state index contributed by atoms with van der Waals surface area (Å²) in [6, 6.07) is 5.54. The van der Waals surface area contributed by atoms with Gasteiger partial charge in [-0.1, -0.05) is 0 Å². The highest BCUT2D eigenvalue weighted by Gasteiger charge is 2.41. The number of nitrogens with zero attached hydrogens (tertiary/aromatic N) is 2. The van der Waals surface area contributed by atoms with Crippen LogP contribution in [0.4, 0.5) is 5.69 Å². The SMILES string of the molecule is N#Cc1cc(NCC2(CO)CC2)ccn1. The van der Waals surface area contributed by atoms with E-state index in [4.69, 9.17) is 10.4 Å². The fourth-order valence-corrected chi connectivity index (χ4v) is 1.46. The van der Waals surface area contributed by atoms with Crippen LogP contribution in [0.2, 0.25) is 0 Å². The van der Waals surface area contributed by atoms with Crippen LogP contribution < -0.4 is 5.32 Å². The van der Waals surface area contributed by atoms with Crippen LogP contribution in [0.15, 0.2) is 18.3 Å². The molecule has 1 aromatic heterocycles. The fourth-order valence-electron chi connectivity index (χ4n) is 1.46. The Morgan fingerprint density at radius 1 is 1.60 bits per heavy atom. The third-order valence-corrected chi connectivity index (χ3v) is 2.83. The molecule has 0 radical (unpaired) electrons. The molecule has 1 aliphatic carbocycles. The molecule has 0 saturated heterocycles. The van der Waals surface area contributed by atoms with Gasteiger partial charge in [-0.2, -0.15) is 5.26 Å². The molecule has 1 fully saturated rings. The van der Waals surface area contributed by atoms with E-state index in [9.17, 15) is 0 Å². The summed E-state index contributed by atoms with van der Waals surface area (Å²) in [6.07, 6.45) is 3.76. The summed E-state index contributed by atoms with van der Waals surface area (Å²) in [4.78, 5) is 3.89. The lowest BCUT2D eigenvalue weighted by atomic mass is 10.1. The van der Waals surface area contributed by atoms with E-state index >= 15 is 0 Å². The molecular formula is C11H13N3O. The van der Waals surface area contributed by atoms with Gasteiger partial charge in [0.15, 0.2) is 0 Å². The van der Waals surface area contributed by atoms with Crippen molar-refractivity contribution >= 4 is 5.69 Å². The minimum Gasteiger partial charge on any atom is -0.396 e. The van der Waals surface area contributed by atoms with E-state index < -0.39 is 0 Å². The smallest absolute Gasteiger partial charge is 0.142 e. The predicted octanol–water partition coefficient (Wildman–Crippen LogP) is 1.14. The Morgan fingerprint density at radius 2 is 2.40 bits per heavy atom. The zero-order valence-corrected chi connectivity index (χ0v) is 8.40. The molecule has 0 aliphatic heterocycles. The van der Waals surface area contributed by atoms with Crippen molar-refractivity contribution in [3.8, 4) is 6.07 Å². The lowest BCUT2D eigenvalue weighted by Crippen LogP contribution is -2.19. The van der Waals surface area contributed by atoms with Crippen LogP contribution >= 0.6 is 0 Å². The Kier molecular flexibility index (Phi) is 2.57. The molecule has 2 N–H and O–H groups in total. The van der Waals surface area contributed by atoms with Crippen molar-refractivity contribution in [1.29, 1.82) is 5.26 Å². The van der Waals surface area contributed by atoms with E-state index in [1.807, 2.05) is 12.1 Å². The summed E-state index contributed by atoms with van der Waals surface area (Å²) >= 11 is 0. The third kappa shape index (κ3) is 2.25. The summed E-state index contributed by atoms with van der Waals surface area (Å²) in [7, 11) is 0. The number of nitrogens with one attached hydrogen (secondary N) is 1. The van der Waals surface area contributed by atoms with Gasteiger partial charge in [0, 0.05) is 23.8 Å². The Hall–Kier alpha value is -1.60. The van der Waals surface area contributed by atoms with Crippen LogP contribution in [0, 0.1) is 16.7 Å². The van der Waals surface area contributed by atoms with E-state index in [0.717, 1.165) is 25.1 Å². The van der Waals surface area contributed by atoms with Crippen molar-refractivity contribution in [3.63, 3.8) is 0 Å². The van der Waals surface area contributed by atoms with E-state index in [1.165, 1.54) is 0 Å². The second-order valence-corrected chi connectivity index (χ2v) is 4.05. The highest BCUT2D eigenvalue weighted by Crippen LogP contribution is 2.44. The number of hydrogen-bond acceptors (Lipinski definition) is 4. The first-order chi connectivity index (χ1) is 7.28. The number of rotatable bonds is 4. The van der Waals surface area contributed by atoms with E-state index in [1.54, 1.807) is 12.3 Å². The molecule has 78 valence electrons. The molecule has 0 unspecified atom stereocenters. The number of pyridine rings is 1. The van der Waals surface area contributed by atoms with Gasteiger partial charge in [0.05, 0.1) is 6.61 Å². The van der Waals surface area contributed by atoms with Crippen LogP contribution in [-0.4, -0.2) is 23.2 Å². The van der Waals surface area contributed by atoms with Crippen molar-refractivity contribution in [1.82, 2.24) is 4.98 Å². The monoisotopic (exact) mass is 203 g/mol. The van der Waals surface area contributed by atoms with E-state index in [2.05, 4.69) is 10.3 Å². The molecule has 1 heterocycles. The number of aliphatic hydroxyl groups is 1. The highest BCUT2D eigenvalue weighted by atomic mass is 16.3. The summed E-state index contributed by atoms with van der Waals surface area (Å²) in [5, 5.41) is 21.0. The molecule has 4 nitrogen and oxygen atoms in total. The lowest BCUT2D eigenvalue weighted by Gasteiger charge is -2.13. The van der Waals surface area contributed by atoms with E-state index in [-0.39, 0.29) is 12.0 Å². The quantitative estimate of drug-likeness (QED) is 0.769. The van der Waals surface area contributed by atoms with Gasteiger partial charge in [-0.05, 0) is 25.0 Å². The van der Waals surface area contributed by atoms with Gasteiger partial charge in [0.1, 0.15) is 11.8 Å². The van der Waals surface area contributed by atoms with Gasteiger partial charge in [-0.25, -0.2) is 4.98 Å². The third-order valence-electron chi connectivity index (χ3n) is 2.83. The summed E-state index contributed by atoms with van der Waals surface area (Å²) in [5.41, 5.74) is 1.38. The average Bonchev–Trinajstić information content (AvgIpc) is 3.07. The van der Waals surface area contributed by atoms with Gasteiger partial charge in [0.2, 0.25) is 0 Å². The zero-order valence-electron chi connectivity index (χ0n) is 8.40. The van der Waals surface area contributed by atoms with Gasteiger partial charge in [-0.15, -0.1) is 0 Å². The Morgan fingerprint density at radius 3 is 3.00 bits per heavy atom. The van der Waals surface area contributed by atoms with Crippen molar-refractivity contribution in [3.05, 3.63) is 24.0 Å². The molecule has 0 bridgehead atoms. The largest absolute Gasteiger partial charge is 0.396 e. The molecule has 0 amide bonds. The zero-order chi connectivity index (χ0) is 10.7.